The van der Waals surface area contributed by atoms with Crippen LogP contribution in [0.1, 0.15) is 32.7 Å². The summed E-state index contributed by atoms with van der Waals surface area (Å²) in [5.74, 6) is -2.25. The van der Waals surface area contributed by atoms with Crippen LogP contribution in [0.25, 0.3) is 0 Å². The second-order valence-electron chi connectivity index (χ2n) is 4.50. The molecular weight excluding hydrogens is 284 g/mol. The van der Waals surface area contributed by atoms with Crippen molar-refractivity contribution in [1.29, 1.82) is 0 Å². The summed E-state index contributed by atoms with van der Waals surface area (Å²) in [5, 5.41) is 25.5. The molecule has 0 aliphatic rings. The topological polar surface area (TPSA) is 94.8 Å². The number of aromatic carboxylic acids is 2. The average molecular weight is 302 g/mol. The molecular formula is C17H18O5. The molecule has 0 bridgehead atoms. The van der Waals surface area contributed by atoms with Gasteiger partial charge in [0.2, 0.25) is 0 Å². The number of aliphatic hydroxyl groups is 1. The molecule has 0 aliphatic carbocycles. The van der Waals surface area contributed by atoms with Gasteiger partial charge in [0.05, 0.1) is 11.1 Å². The normalized spacial score (nSPS) is 9.50. The number of benzene rings is 2. The van der Waals surface area contributed by atoms with Crippen molar-refractivity contribution in [3.63, 3.8) is 0 Å². The molecule has 0 atom stereocenters. The highest BCUT2D eigenvalue weighted by Gasteiger charge is 2.06. The highest BCUT2D eigenvalue weighted by Crippen LogP contribution is 2.04. The lowest BCUT2D eigenvalue weighted by Gasteiger charge is -1.96. The van der Waals surface area contributed by atoms with E-state index >= 15 is 0 Å². The van der Waals surface area contributed by atoms with Crippen molar-refractivity contribution in [2.24, 2.45) is 0 Å². The molecule has 0 aromatic heterocycles. The molecule has 22 heavy (non-hydrogen) atoms. The quantitative estimate of drug-likeness (QED) is 0.789. The van der Waals surface area contributed by atoms with Gasteiger partial charge in [-0.05, 0) is 36.6 Å². The summed E-state index contributed by atoms with van der Waals surface area (Å²) in [4.78, 5) is 20.8. The number of carbonyl (C=O) groups is 2. The van der Waals surface area contributed by atoms with Crippen LogP contribution in [0.4, 0.5) is 0 Å². The Balaban J connectivity index is 0.000000224. The largest absolute Gasteiger partial charge is 0.478 e. The van der Waals surface area contributed by atoms with Crippen LogP contribution in [-0.2, 0) is 6.42 Å². The minimum atomic E-state index is -1.13. The number of hydrogen-bond acceptors (Lipinski definition) is 3. The maximum absolute atomic E-state index is 10.4. The van der Waals surface area contributed by atoms with E-state index in [1.165, 1.54) is 23.8 Å². The van der Waals surface area contributed by atoms with Crippen molar-refractivity contribution >= 4 is 11.9 Å². The van der Waals surface area contributed by atoms with Crippen molar-refractivity contribution in [3.8, 4) is 0 Å². The molecule has 2 rings (SSSR count). The Morgan fingerprint density at radius 3 is 1.82 bits per heavy atom. The van der Waals surface area contributed by atoms with E-state index in [1.807, 2.05) is 18.2 Å². The van der Waals surface area contributed by atoms with E-state index in [-0.39, 0.29) is 17.7 Å². The zero-order valence-corrected chi connectivity index (χ0v) is 12.0. The molecule has 0 heterocycles. The second kappa shape index (κ2) is 9.31. The van der Waals surface area contributed by atoms with Crippen LogP contribution in [-0.4, -0.2) is 33.9 Å². The Labute approximate surface area is 128 Å². The van der Waals surface area contributed by atoms with Gasteiger partial charge in [-0.25, -0.2) is 9.59 Å². The first-order chi connectivity index (χ1) is 10.5. The summed E-state index contributed by atoms with van der Waals surface area (Å²) >= 11 is 0. The van der Waals surface area contributed by atoms with Gasteiger partial charge >= 0.3 is 11.9 Å². The van der Waals surface area contributed by atoms with E-state index in [1.54, 1.807) is 0 Å². The van der Waals surface area contributed by atoms with Crippen LogP contribution in [0.3, 0.4) is 0 Å². The van der Waals surface area contributed by atoms with Crippen molar-refractivity contribution in [2.75, 3.05) is 6.61 Å². The van der Waals surface area contributed by atoms with Crippen molar-refractivity contribution in [2.45, 2.75) is 12.8 Å². The molecule has 0 spiro atoms. The zero-order valence-electron chi connectivity index (χ0n) is 12.0. The van der Waals surface area contributed by atoms with Crippen LogP contribution in [0.2, 0.25) is 0 Å². The lowest BCUT2D eigenvalue weighted by Crippen LogP contribution is -2.01. The molecule has 0 radical (unpaired) electrons. The van der Waals surface area contributed by atoms with E-state index in [0.29, 0.717) is 0 Å². The molecule has 3 N–H and O–H groups in total. The molecule has 5 heteroatoms. The zero-order chi connectivity index (χ0) is 16.4. The van der Waals surface area contributed by atoms with Gasteiger partial charge in [-0.1, -0.05) is 36.4 Å². The van der Waals surface area contributed by atoms with E-state index in [2.05, 4.69) is 12.1 Å². The van der Waals surface area contributed by atoms with Crippen LogP contribution in [0, 0.1) is 0 Å². The summed E-state index contributed by atoms with van der Waals surface area (Å²) in [6.45, 7) is 0.287. The SMILES string of the molecule is O=C(O)c1cccc(C(=O)O)c1.OCCCc1ccccc1. The van der Waals surface area contributed by atoms with Gasteiger partial charge in [-0.3, -0.25) is 0 Å². The lowest BCUT2D eigenvalue weighted by atomic mass is 10.1. The Bertz CT molecular complexity index is 578. The van der Waals surface area contributed by atoms with Gasteiger partial charge in [-0.2, -0.15) is 0 Å². The number of carboxylic acid groups (broad SMARTS) is 2. The van der Waals surface area contributed by atoms with E-state index < -0.39 is 11.9 Å². The first-order valence-electron chi connectivity index (χ1n) is 6.76. The summed E-state index contributed by atoms with van der Waals surface area (Å²) < 4.78 is 0. The maximum atomic E-state index is 10.4. The number of rotatable bonds is 5. The summed E-state index contributed by atoms with van der Waals surface area (Å²) in [7, 11) is 0. The predicted molar refractivity (Wildman–Crippen MR) is 82.2 cm³/mol. The first-order valence-corrected chi connectivity index (χ1v) is 6.76. The summed E-state index contributed by atoms with van der Waals surface area (Å²) in [5.41, 5.74) is 1.27. The molecule has 2 aromatic carbocycles. The average Bonchev–Trinajstić information content (AvgIpc) is 2.54. The standard InChI is InChI=1S/C9H12O.C8H6O4/c10-8-4-7-9-5-2-1-3-6-9;9-7(10)5-2-1-3-6(4-5)8(11)12/h1-3,5-6,10H,4,7-8H2;1-4H,(H,9,10)(H,11,12). The molecule has 0 amide bonds. The number of carboxylic acids is 2. The summed E-state index contributed by atoms with van der Waals surface area (Å²) in [6.07, 6.45) is 1.85. The molecule has 5 nitrogen and oxygen atoms in total. The van der Waals surface area contributed by atoms with Crippen molar-refractivity contribution < 1.29 is 24.9 Å². The van der Waals surface area contributed by atoms with Crippen molar-refractivity contribution in [3.05, 3.63) is 71.3 Å². The van der Waals surface area contributed by atoms with E-state index in [9.17, 15) is 9.59 Å². The third kappa shape index (κ3) is 6.19. The lowest BCUT2D eigenvalue weighted by molar-refractivity contribution is 0.0696. The Kier molecular flexibility index (Phi) is 7.36. The first kappa shape index (κ1) is 17.4. The molecule has 0 unspecified atom stereocenters. The van der Waals surface area contributed by atoms with E-state index in [0.717, 1.165) is 18.9 Å². The highest BCUT2D eigenvalue weighted by molar-refractivity contribution is 5.93. The molecule has 0 fully saturated rings. The molecule has 0 aliphatic heterocycles. The van der Waals surface area contributed by atoms with Gasteiger partial charge in [0.25, 0.3) is 0 Å². The number of hydrogen-bond donors (Lipinski definition) is 3. The monoisotopic (exact) mass is 302 g/mol. The fourth-order valence-corrected chi connectivity index (χ4v) is 1.71. The Morgan fingerprint density at radius 2 is 1.36 bits per heavy atom. The van der Waals surface area contributed by atoms with E-state index in [4.69, 9.17) is 15.3 Å². The Morgan fingerprint density at radius 1 is 0.818 bits per heavy atom. The van der Waals surface area contributed by atoms with Crippen molar-refractivity contribution in [1.82, 2.24) is 0 Å². The molecule has 0 saturated heterocycles. The van der Waals surface area contributed by atoms with Crippen LogP contribution in [0.15, 0.2) is 54.6 Å². The second-order valence-corrected chi connectivity index (χ2v) is 4.50. The molecule has 0 saturated carbocycles. The van der Waals surface area contributed by atoms with Gasteiger partial charge in [0.15, 0.2) is 0 Å². The highest BCUT2D eigenvalue weighted by atomic mass is 16.4. The van der Waals surface area contributed by atoms with Gasteiger partial charge in [-0.15, -0.1) is 0 Å². The fourth-order valence-electron chi connectivity index (χ4n) is 1.71. The minimum Gasteiger partial charge on any atom is -0.478 e. The van der Waals surface area contributed by atoms with Crippen LogP contribution >= 0.6 is 0 Å². The van der Waals surface area contributed by atoms with Gasteiger partial charge in [0, 0.05) is 6.61 Å². The fraction of sp³-hybridized carbons (Fsp3) is 0.176. The summed E-state index contributed by atoms with van der Waals surface area (Å²) in [6, 6.07) is 15.4. The van der Waals surface area contributed by atoms with Crippen LogP contribution in [0.5, 0.6) is 0 Å². The number of aliphatic hydroxyl groups excluding tert-OH is 1. The third-order valence-electron chi connectivity index (χ3n) is 2.82. The maximum Gasteiger partial charge on any atom is 0.335 e. The smallest absolute Gasteiger partial charge is 0.335 e. The third-order valence-corrected chi connectivity index (χ3v) is 2.82. The Hall–Kier alpha value is -2.66. The van der Waals surface area contributed by atoms with Crippen LogP contribution < -0.4 is 0 Å². The predicted octanol–water partition coefficient (Wildman–Crippen LogP) is 2.69. The molecule has 2 aromatic rings. The molecule has 116 valence electrons. The number of aryl methyl sites for hydroxylation is 1. The van der Waals surface area contributed by atoms with Gasteiger partial charge in [0.1, 0.15) is 0 Å². The minimum absolute atomic E-state index is 0.0186. The van der Waals surface area contributed by atoms with Gasteiger partial charge < -0.3 is 15.3 Å².